The van der Waals surface area contributed by atoms with Crippen molar-refractivity contribution >= 4 is 17.7 Å². The number of aromatic nitrogens is 6. The van der Waals surface area contributed by atoms with E-state index in [-0.39, 0.29) is 12.2 Å². The van der Waals surface area contributed by atoms with Gasteiger partial charge in [0.25, 0.3) is 5.91 Å². The maximum Gasteiger partial charge on any atom is 0.262 e. The zero-order valence-corrected chi connectivity index (χ0v) is 20.3. The van der Waals surface area contributed by atoms with E-state index in [1.54, 1.807) is 31.4 Å². The van der Waals surface area contributed by atoms with Gasteiger partial charge in [-0.3, -0.25) is 9.48 Å². The third-order valence-corrected chi connectivity index (χ3v) is 6.01. The van der Waals surface area contributed by atoms with E-state index in [9.17, 15) is 9.90 Å². The van der Waals surface area contributed by atoms with Crippen molar-refractivity contribution in [2.24, 2.45) is 0 Å². The zero-order valence-electron chi connectivity index (χ0n) is 20.3. The highest BCUT2D eigenvalue weighted by Crippen LogP contribution is 2.34. The monoisotopic (exact) mass is 489 g/mol. The summed E-state index contributed by atoms with van der Waals surface area (Å²) >= 11 is 0. The van der Waals surface area contributed by atoms with Crippen LogP contribution in [0, 0.1) is 0 Å². The first-order valence-electron chi connectivity index (χ1n) is 11.5. The minimum Gasteiger partial charge on any atom is -0.373 e. The number of amides is 1. The average molecular weight is 490 g/mol. The Balaban J connectivity index is 1.34. The highest BCUT2D eigenvalue weighted by Gasteiger charge is 2.48. The van der Waals surface area contributed by atoms with Crippen LogP contribution in [0.3, 0.4) is 0 Å². The van der Waals surface area contributed by atoms with Gasteiger partial charge in [0.2, 0.25) is 11.5 Å². The molecule has 4 aromatic rings. The molecule has 0 unspecified atom stereocenters. The number of likely N-dealkylation sites (tertiary alicyclic amines) is 1. The number of likely N-dealkylation sites (N-methyl/N-ethyl adjacent to an activating group) is 2. The average Bonchev–Trinajstić information content (AvgIpc) is 3.61. The molecule has 1 amide bonds. The van der Waals surface area contributed by atoms with E-state index < -0.39 is 11.5 Å². The Bertz CT molecular complexity index is 1380. The lowest BCUT2D eigenvalue weighted by atomic mass is 9.98. The summed E-state index contributed by atoms with van der Waals surface area (Å²) in [4.78, 5) is 29.5. The molecule has 4 aromatic heterocycles. The molecule has 1 fully saturated rings. The van der Waals surface area contributed by atoms with Gasteiger partial charge in [0.1, 0.15) is 5.69 Å². The fourth-order valence-electron chi connectivity index (χ4n) is 3.92. The van der Waals surface area contributed by atoms with Gasteiger partial charge in [-0.15, -0.1) is 0 Å². The first-order chi connectivity index (χ1) is 17.3. The number of aliphatic hydroxyl groups is 1. The molecule has 1 aliphatic heterocycles. The fourth-order valence-corrected chi connectivity index (χ4v) is 3.92. The molecule has 0 spiro atoms. The summed E-state index contributed by atoms with van der Waals surface area (Å²) in [5, 5.41) is 22.5. The van der Waals surface area contributed by atoms with Gasteiger partial charge in [0, 0.05) is 51.1 Å². The number of nitrogens with one attached hydrogen (secondary N) is 1. The number of pyridine rings is 1. The third kappa shape index (κ3) is 4.68. The molecule has 36 heavy (non-hydrogen) atoms. The Labute approximate surface area is 207 Å². The van der Waals surface area contributed by atoms with Crippen LogP contribution < -0.4 is 5.32 Å². The van der Waals surface area contributed by atoms with Crippen molar-refractivity contribution in [1.82, 2.24) is 39.7 Å². The van der Waals surface area contributed by atoms with Crippen LogP contribution in [0.5, 0.6) is 0 Å². The zero-order chi connectivity index (χ0) is 25.3. The molecule has 0 aromatic carbocycles. The molecule has 5 heterocycles. The molecule has 186 valence electrons. The molecule has 1 atom stereocenters. The normalized spacial score (nSPS) is 17.8. The van der Waals surface area contributed by atoms with Crippen LogP contribution in [0.4, 0.5) is 11.8 Å². The summed E-state index contributed by atoms with van der Waals surface area (Å²) in [6, 6.07) is 10.6. The SMILES string of the molecule is CN(C)CCn1ccc(Nc2nccc(-c3cccc(-c4cc([C@]5(O)CCN(C)C5=O)on4)n3)n2)n1. The Kier molecular flexibility index (Phi) is 6.20. The summed E-state index contributed by atoms with van der Waals surface area (Å²) in [5.41, 5.74) is 0.450. The largest absolute Gasteiger partial charge is 0.373 e. The summed E-state index contributed by atoms with van der Waals surface area (Å²) in [7, 11) is 5.68. The topological polar surface area (TPSA) is 138 Å². The van der Waals surface area contributed by atoms with E-state index in [0.717, 1.165) is 13.1 Å². The number of nitrogens with zero attached hydrogens (tertiary/aromatic N) is 8. The molecule has 0 saturated carbocycles. The van der Waals surface area contributed by atoms with E-state index in [4.69, 9.17) is 4.52 Å². The molecule has 1 aliphatic rings. The van der Waals surface area contributed by atoms with Crippen LogP contribution in [0.25, 0.3) is 22.8 Å². The molecule has 0 bridgehead atoms. The first kappa shape index (κ1) is 23.6. The van der Waals surface area contributed by atoms with Gasteiger partial charge >= 0.3 is 0 Å². The number of hydrogen-bond acceptors (Lipinski definition) is 10. The second kappa shape index (κ2) is 9.47. The van der Waals surface area contributed by atoms with Crippen molar-refractivity contribution in [3.05, 3.63) is 54.6 Å². The van der Waals surface area contributed by atoms with Crippen LogP contribution in [0.15, 0.2) is 53.3 Å². The van der Waals surface area contributed by atoms with Gasteiger partial charge in [0.15, 0.2) is 11.6 Å². The van der Waals surface area contributed by atoms with Crippen molar-refractivity contribution in [3.8, 4) is 22.8 Å². The van der Waals surface area contributed by atoms with Gasteiger partial charge < -0.3 is 24.7 Å². The quantitative estimate of drug-likeness (QED) is 0.376. The molecule has 2 N–H and O–H groups in total. The van der Waals surface area contributed by atoms with Gasteiger partial charge in [-0.2, -0.15) is 5.10 Å². The number of rotatable bonds is 8. The maximum atomic E-state index is 12.4. The Morgan fingerprint density at radius 2 is 1.92 bits per heavy atom. The van der Waals surface area contributed by atoms with Crippen molar-refractivity contribution in [2.45, 2.75) is 18.6 Å². The van der Waals surface area contributed by atoms with Gasteiger partial charge in [-0.05, 0) is 32.3 Å². The Morgan fingerprint density at radius 1 is 1.14 bits per heavy atom. The second-order valence-electron chi connectivity index (χ2n) is 8.98. The van der Waals surface area contributed by atoms with Crippen LogP contribution in [0.1, 0.15) is 12.2 Å². The molecule has 0 radical (unpaired) electrons. The summed E-state index contributed by atoms with van der Waals surface area (Å²) < 4.78 is 7.21. The van der Waals surface area contributed by atoms with Crippen LogP contribution in [-0.2, 0) is 16.9 Å². The van der Waals surface area contributed by atoms with E-state index in [1.807, 2.05) is 43.2 Å². The van der Waals surface area contributed by atoms with Crippen molar-refractivity contribution in [3.63, 3.8) is 0 Å². The standard InChI is InChI=1S/C24H27N9O3/c1-31(2)13-14-33-11-8-21(29-33)28-23-25-10-7-18(27-23)16-5-4-6-17(26-16)19-15-20(36-30-19)24(35)9-12-32(3)22(24)34/h4-8,10-11,15,35H,9,12-14H2,1-3H3,(H,25,27,28,29)/t24-/m1/s1. The van der Waals surface area contributed by atoms with E-state index in [1.165, 1.54) is 4.90 Å². The Hall–Kier alpha value is -4.16. The van der Waals surface area contributed by atoms with E-state index in [0.29, 0.717) is 41.1 Å². The van der Waals surface area contributed by atoms with Crippen molar-refractivity contribution in [1.29, 1.82) is 0 Å². The molecule has 5 rings (SSSR count). The molecule has 1 saturated heterocycles. The highest BCUT2D eigenvalue weighted by molar-refractivity contribution is 5.87. The van der Waals surface area contributed by atoms with E-state index in [2.05, 4.69) is 35.4 Å². The van der Waals surface area contributed by atoms with Crippen LogP contribution in [0.2, 0.25) is 0 Å². The van der Waals surface area contributed by atoms with Crippen molar-refractivity contribution in [2.75, 3.05) is 39.5 Å². The Morgan fingerprint density at radius 3 is 2.67 bits per heavy atom. The highest BCUT2D eigenvalue weighted by atomic mass is 16.5. The van der Waals surface area contributed by atoms with Crippen LogP contribution in [-0.4, -0.2) is 84.9 Å². The smallest absolute Gasteiger partial charge is 0.262 e. The molecule has 12 nitrogen and oxygen atoms in total. The van der Waals surface area contributed by atoms with Gasteiger partial charge in [-0.25, -0.2) is 15.0 Å². The summed E-state index contributed by atoms with van der Waals surface area (Å²) in [5.74, 6) is 0.744. The number of carbonyl (C=O) groups excluding carboxylic acids is 1. The lowest BCUT2D eigenvalue weighted by Gasteiger charge is -2.16. The lowest BCUT2D eigenvalue weighted by Crippen LogP contribution is -2.35. The molecule has 0 aliphatic carbocycles. The minimum absolute atomic E-state index is 0.109. The molecular formula is C24H27N9O3. The van der Waals surface area contributed by atoms with Gasteiger partial charge in [0.05, 0.1) is 23.6 Å². The predicted octanol–water partition coefficient (Wildman–Crippen LogP) is 1.74. The van der Waals surface area contributed by atoms with Crippen LogP contribution >= 0.6 is 0 Å². The first-order valence-corrected chi connectivity index (χ1v) is 11.5. The van der Waals surface area contributed by atoms with Crippen molar-refractivity contribution < 1.29 is 14.4 Å². The molecule has 12 heteroatoms. The third-order valence-electron chi connectivity index (χ3n) is 6.01. The second-order valence-corrected chi connectivity index (χ2v) is 8.98. The van der Waals surface area contributed by atoms with Gasteiger partial charge in [-0.1, -0.05) is 11.2 Å². The molecular weight excluding hydrogens is 462 g/mol. The lowest BCUT2D eigenvalue weighted by molar-refractivity contribution is -0.144. The predicted molar refractivity (Wildman–Crippen MR) is 131 cm³/mol. The fraction of sp³-hybridized carbons (Fsp3) is 0.333. The number of anilines is 2. The number of hydrogen-bond donors (Lipinski definition) is 2. The van der Waals surface area contributed by atoms with E-state index >= 15 is 0 Å². The minimum atomic E-state index is -1.70. The summed E-state index contributed by atoms with van der Waals surface area (Å²) in [6.45, 7) is 2.10. The maximum absolute atomic E-state index is 12.4. The summed E-state index contributed by atoms with van der Waals surface area (Å²) in [6.07, 6.45) is 3.80. The number of carbonyl (C=O) groups is 1.